The number of hydrogen-bond acceptors (Lipinski definition) is 2. The second kappa shape index (κ2) is 5.00. The largest absolute Gasteiger partial charge is 0.325 e. The van der Waals surface area contributed by atoms with E-state index in [-0.39, 0.29) is 0 Å². The number of aromatic nitrogens is 2. The van der Waals surface area contributed by atoms with Crippen LogP contribution in [0.2, 0.25) is 0 Å². The fourth-order valence-corrected chi connectivity index (χ4v) is 1.63. The van der Waals surface area contributed by atoms with Crippen LogP contribution in [0.25, 0.3) is 0 Å². The Balaban J connectivity index is 2.27. The van der Waals surface area contributed by atoms with E-state index < -0.39 is 11.6 Å². The molecule has 0 aliphatic rings. The van der Waals surface area contributed by atoms with Gasteiger partial charge in [0.25, 0.3) is 0 Å². The molecule has 0 atom stereocenters. The summed E-state index contributed by atoms with van der Waals surface area (Å²) in [4.78, 5) is 4.26. The molecule has 0 aliphatic heterocycles. The quantitative estimate of drug-likeness (QED) is 0.842. The molecule has 0 bridgehead atoms. The molecule has 1 heterocycles. The molecule has 0 radical (unpaired) electrons. The summed E-state index contributed by atoms with van der Waals surface area (Å²) in [7, 11) is 0. The molecule has 0 unspecified atom stereocenters. The van der Waals surface area contributed by atoms with E-state index in [4.69, 9.17) is 0 Å². The Kier molecular flexibility index (Phi) is 3.41. The van der Waals surface area contributed by atoms with Gasteiger partial charge in [-0.3, -0.25) is 0 Å². The Morgan fingerprint density at radius 2 is 2.17 bits per heavy atom. The van der Waals surface area contributed by atoms with Crippen molar-refractivity contribution in [3.63, 3.8) is 0 Å². The van der Waals surface area contributed by atoms with E-state index in [0.29, 0.717) is 18.2 Å². The van der Waals surface area contributed by atoms with Crippen molar-refractivity contribution in [3.8, 4) is 0 Å². The second-order valence-corrected chi connectivity index (χ2v) is 3.90. The van der Waals surface area contributed by atoms with Gasteiger partial charge in [-0.1, -0.05) is 6.08 Å². The third-order valence-corrected chi connectivity index (χ3v) is 2.40. The monoisotopic (exact) mass is 249 g/mol. The summed E-state index contributed by atoms with van der Waals surface area (Å²) in [5.74, 6) is -1.19. The maximum absolute atomic E-state index is 13.1. The number of aryl methyl sites for hydroxylation is 1. The number of halogens is 2. The highest BCUT2D eigenvalue weighted by molar-refractivity contribution is 5.54. The van der Waals surface area contributed by atoms with Gasteiger partial charge in [-0.15, -0.1) is 6.58 Å². The standard InChI is InChI=1S/C13H13F2N3/c1-3-6-18-8-9(2)16-13(18)17-10-4-5-11(14)12(15)7-10/h3-5,7-8H,1,6H2,2H3,(H,16,17). The molecule has 1 aromatic carbocycles. The summed E-state index contributed by atoms with van der Waals surface area (Å²) in [5, 5.41) is 2.94. The molecule has 0 amide bonds. The maximum atomic E-state index is 13.1. The molecule has 2 rings (SSSR count). The lowest BCUT2D eigenvalue weighted by atomic mass is 10.3. The molecule has 94 valence electrons. The van der Waals surface area contributed by atoms with Gasteiger partial charge in [0.2, 0.25) is 5.95 Å². The lowest BCUT2D eigenvalue weighted by Crippen LogP contribution is -2.02. The fourth-order valence-electron chi connectivity index (χ4n) is 1.63. The van der Waals surface area contributed by atoms with Gasteiger partial charge < -0.3 is 9.88 Å². The summed E-state index contributed by atoms with van der Waals surface area (Å²) in [6.07, 6.45) is 3.58. The number of nitrogens with zero attached hydrogens (tertiary/aromatic N) is 2. The summed E-state index contributed by atoms with van der Waals surface area (Å²) in [6.45, 7) is 6.10. The van der Waals surface area contributed by atoms with E-state index in [1.807, 2.05) is 17.7 Å². The van der Waals surface area contributed by atoms with Crippen LogP contribution in [0, 0.1) is 18.6 Å². The SMILES string of the molecule is C=CCn1cc(C)nc1Nc1ccc(F)c(F)c1. The fraction of sp³-hybridized carbons (Fsp3) is 0.154. The molecule has 0 saturated carbocycles. The number of anilines is 2. The second-order valence-electron chi connectivity index (χ2n) is 3.90. The molecule has 3 nitrogen and oxygen atoms in total. The highest BCUT2D eigenvalue weighted by Gasteiger charge is 2.07. The first-order chi connectivity index (χ1) is 8.60. The molecule has 0 aliphatic carbocycles. The van der Waals surface area contributed by atoms with Gasteiger partial charge in [-0.25, -0.2) is 13.8 Å². The van der Waals surface area contributed by atoms with Gasteiger partial charge in [0.15, 0.2) is 11.6 Å². The Bertz CT molecular complexity index is 576. The number of nitrogens with one attached hydrogen (secondary N) is 1. The average molecular weight is 249 g/mol. The first-order valence-corrected chi connectivity index (χ1v) is 5.47. The number of hydrogen-bond donors (Lipinski definition) is 1. The zero-order valence-electron chi connectivity index (χ0n) is 9.95. The molecular formula is C13H13F2N3. The molecule has 1 N–H and O–H groups in total. The number of allylic oxidation sites excluding steroid dienone is 1. The van der Waals surface area contributed by atoms with Crippen molar-refractivity contribution >= 4 is 11.6 Å². The van der Waals surface area contributed by atoms with Gasteiger partial charge in [0.05, 0.1) is 5.69 Å². The maximum Gasteiger partial charge on any atom is 0.207 e. The van der Waals surface area contributed by atoms with E-state index in [9.17, 15) is 8.78 Å². The van der Waals surface area contributed by atoms with Crippen molar-refractivity contribution in [3.05, 3.63) is 54.4 Å². The van der Waals surface area contributed by atoms with Gasteiger partial charge >= 0.3 is 0 Å². The van der Waals surface area contributed by atoms with Crippen molar-refractivity contribution < 1.29 is 8.78 Å². The highest BCUT2D eigenvalue weighted by Crippen LogP contribution is 2.18. The van der Waals surface area contributed by atoms with E-state index in [1.165, 1.54) is 6.07 Å². The Morgan fingerprint density at radius 1 is 1.39 bits per heavy atom. The predicted molar refractivity (Wildman–Crippen MR) is 66.8 cm³/mol. The zero-order chi connectivity index (χ0) is 13.1. The molecule has 0 spiro atoms. The van der Waals surface area contributed by atoms with Crippen LogP contribution >= 0.6 is 0 Å². The van der Waals surface area contributed by atoms with Crippen LogP contribution in [0.3, 0.4) is 0 Å². The summed E-state index contributed by atoms with van der Waals surface area (Å²) >= 11 is 0. The molecule has 5 heteroatoms. The smallest absolute Gasteiger partial charge is 0.207 e. The minimum absolute atomic E-state index is 0.449. The third kappa shape index (κ3) is 2.56. The lowest BCUT2D eigenvalue weighted by Gasteiger charge is -2.08. The Labute approximate surface area is 104 Å². The predicted octanol–water partition coefficient (Wildman–Crippen LogP) is 3.40. The summed E-state index contributed by atoms with van der Waals surface area (Å²) in [5.41, 5.74) is 1.28. The number of rotatable bonds is 4. The van der Waals surface area contributed by atoms with Crippen molar-refractivity contribution in [1.29, 1.82) is 0 Å². The number of imidazole rings is 1. The molecule has 18 heavy (non-hydrogen) atoms. The first kappa shape index (κ1) is 12.3. The molecule has 1 aromatic heterocycles. The highest BCUT2D eigenvalue weighted by atomic mass is 19.2. The van der Waals surface area contributed by atoms with E-state index in [0.717, 1.165) is 17.8 Å². The van der Waals surface area contributed by atoms with Crippen LogP contribution in [0.4, 0.5) is 20.4 Å². The first-order valence-electron chi connectivity index (χ1n) is 5.47. The van der Waals surface area contributed by atoms with Gasteiger partial charge in [-0.05, 0) is 19.1 Å². The van der Waals surface area contributed by atoms with E-state index in [1.54, 1.807) is 6.08 Å². The zero-order valence-corrected chi connectivity index (χ0v) is 9.95. The van der Waals surface area contributed by atoms with Crippen LogP contribution in [-0.4, -0.2) is 9.55 Å². The molecular weight excluding hydrogens is 236 g/mol. The van der Waals surface area contributed by atoms with Gasteiger partial charge in [0.1, 0.15) is 0 Å². The molecule has 0 saturated heterocycles. The van der Waals surface area contributed by atoms with Gasteiger partial charge in [0, 0.05) is 24.5 Å². The van der Waals surface area contributed by atoms with Gasteiger partial charge in [-0.2, -0.15) is 0 Å². The average Bonchev–Trinajstić information content (AvgIpc) is 2.65. The van der Waals surface area contributed by atoms with Crippen LogP contribution < -0.4 is 5.32 Å². The third-order valence-electron chi connectivity index (χ3n) is 2.40. The van der Waals surface area contributed by atoms with Crippen LogP contribution in [0.1, 0.15) is 5.69 Å². The van der Waals surface area contributed by atoms with E-state index >= 15 is 0 Å². The van der Waals surface area contributed by atoms with Crippen LogP contribution in [-0.2, 0) is 6.54 Å². The molecule has 2 aromatic rings. The van der Waals surface area contributed by atoms with E-state index in [2.05, 4.69) is 16.9 Å². The van der Waals surface area contributed by atoms with Crippen LogP contribution in [0.15, 0.2) is 37.1 Å². The number of benzene rings is 1. The normalized spacial score (nSPS) is 10.4. The van der Waals surface area contributed by atoms with Crippen molar-refractivity contribution in [2.75, 3.05) is 5.32 Å². The summed E-state index contributed by atoms with van der Waals surface area (Å²) < 4.78 is 27.7. The summed E-state index contributed by atoms with van der Waals surface area (Å²) in [6, 6.07) is 3.63. The Hall–Kier alpha value is -2.17. The molecule has 0 fully saturated rings. The Morgan fingerprint density at radius 3 is 2.83 bits per heavy atom. The lowest BCUT2D eigenvalue weighted by molar-refractivity contribution is 0.509. The van der Waals surface area contributed by atoms with Crippen molar-refractivity contribution in [2.24, 2.45) is 0 Å². The van der Waals surface area contributed by atoms with Crippen molar-refractivity contribution in [1.82, 2.24) is 9.55 Å². The minimum Gasteiger partial charge on any atom is -0.325 e. The minimum atomic E-state index is -0.890. The van der Waals surface area contributed by atoms with Crippen molar-refractivity contribution in [2.45, 2.75) is 13.5 Å². The van der Waals surface area contributed by atoms with Crippen LogP contribution in [0.5, 0.6) is 0 Å². The topological polar surface area (TPSA) is 29.9 Å².